The highest BCUT2D eigenvalue weighted by atomic mass is 35.5. The van der Waals surface area contributed by atoms with Gasteiger partial charge in [-0.25, -0.2) is 0 Å². The number of nitrogens with zero attached hydrogens (tertiary/aromatic N) is 1. The summed E-state index contributed by atoms with van der Waals surface area (Å²) < 4.78 is 0.221. The molecule has 2 nitrogen and oxygen atoms in total. The smallest absolute Gasteiger partial charge is 0.0778 e. The second-order valence-corrected chi connectivity index (χ2v) is 6.46. The van der Waals surface area contributed by atoms with Gasteiger partial charge in [-0.1, -0.05) is 23.2 Å². The van der Waals surface area contributed by atoms with E-state index in [-0.39, 0.29) is 4.75 Å². The molecule has 5 heteroatoms. The Morgan fingerprint density at radius 3 is 2.69 bits per heavy atom. The Bertz CT molecular complexity index is 356. The molecule has 0 aliphatic rings. The van der Waals surface area contributed by atoms with Gasteiger partial charge in [-0.3, -0.25) is 4.98 Å². The Labute approximate surface area is 111 Å². The third-order valence-corrected chi connectivity index (χ3v) is 4.41. The molecule has 90 valence electrons. The summed E-state index contributed by atoms with van der Waals surface area (Å²) in [5.41, 5.74) is 0.936. The lowest BCUT2D eigenvalue weighted by Gasteiger charge is -2.22. The van der Waals surface area contributed by atoms with E-state index in [9.17, 15) is 0 Å². The van der Waals surface area contributed by atoms with Gasteiger partial charge in [0.05, 0.1) is 10.0 Å². The largest absolute Gasteiger partial charge is 0.311 e. The molecule has 0 saturated heterocycles. The third-order valence-electron chi connectivity index (χ3n) is 2.33. The summed E-state index contributed by atoms with van der Waals surface area (Å²) in [4.78, 5) is 4.02. The molecule has 0 aromatic carbocycles. The van der Waals surface area contributed by atoms with Crippen molar-refractivity contribution in [2.24, 2.45) is 0 Å². The summed E-state index contributed by atoms with van der Waals surface area (Å²) in [7, 11) is 0. The van der Waals surface area contributed by atoms with Crippen molar-refractivity contribution in [1.29, 1.82) is 0 Å². The SMILES string of the molecule is CSC(C)(C)CNCc1cncc(Cl)c1Cl. The summed E-state index contributed by atoms with van der Waals surface area (Å²) in [6.45, 7) is 6.00. The lowest BCUT2D eigenvalue weighted by molar-refractivity contribution is 0.590. The van der Waals surface area contributed by atoms with Gasteiger partial charge in [-0.05, 0) is 20.1 Å². The van der Waals surface area contributed by atoms with E-state index >= 15 is 0 Å². The van der Waals surface area contributed by atoms with Crippen molar-refractivity contribution in [3.63, 3.8) is 0 Å². The molecule has 0 aliphatic heterocycles. The number of pyridine rings is 1. The van der Waals surface area contributed by atoms with E-state index in [4.69, 9.17) is 23.2 Å². The van der Waals surface area contributed by atoms with E-state index in [0.717, 1.165) is 12.1 Å². The van der Waals surface area contributed by atoms with Crippen molar-refractivity contribution < 1.29 is 0 Å². The van der Waals surface area contributed by atoms with Crippen molar-refractivity contribution in [2.75, 3.05) is 12.8 Å². The molecule has 0 aliphatic carbocycles. The Morgan fingerprint density at radius 2 is 2.06 bits per heavy atom. The molecule has 1 N–H and O–H groups in total. The van der Waals surface area contributed by atoms with Gasteiger partial charge < -0.3 is 5.32 Å². The second-order valence-electron chi connectivity index (χ2n) is 4.16. The predicted octanol–water partition coefficient (Wildman–Crippen LogP) is 3.62. The molecule has 1 aromatic rings. The van der Waals surface area contributed by atoms with Crippen LogP contribution in [0.4, 0.5) is 0 Å². The van der Waals surface area contributed by atoms with Crippen LogP contribution in [-0.4, -0.2) is 22.5 Å². The zero-order valence-electron chi connectivity index (χ0n) is 9.68. The normalized spacial score (nSPS) is 11.8. The van der Waals surface area contributed by atoms with Crippen molar-refractivity contribution in [3.8, 4) is 0 Å². The van der Waals surface area contributed by atoms with Crippen molar-refractivity contribution >= 4 is 35.0 Å². The fourth-order valence-electron chi connectivity index (χ4n) is 1.15. The van der Waals surface area contributed by atoms with E-state index in [0.29, 0.717) is 16.6 Å². The first-order valence-corrected chi connectivity index (χ1v) is 6.98. The number of rotatable bonds is 5. The highest BCUT2D eigenvalue weighted by Gasteiger charge is 2.15. The number of hydrogen-bond donors (Lipinski definition) is 1. The van der Waals surface area contributed by atoms with Crippen LogP contribution in [0.1, 0.15) is 19.4 Å². The first-order chi connectivity index (χ1) is 7.46. The van der Waals surface area contributed by atoms with Gasteiger partial charge in [0.25, 0.3) is 0 Å². The van der Waals surface area contributed by atoms with Crippen LogP contribution in [-0.2, 0) is 6.54 Å². The molecule has 0 bridgehead atoms. The van der Waals surface area contributed by atoms with Crippen LogP contribution < -0.4 is 5.32 Å². The number of nitrogens with one attached hydrogen (secondary N) is 1. The molecular formula is C11H16Cl2N2S. The molecule has 1 heterocycles. The maximum atomic E-state index is 6.06. The maximum Gasteiger partial charge on any atom is 0.0778 e. The Hall–Kier alpha value is 0.0400. The van der Waals surface area contributed by atoms with Gasteiger partial charge >= 0.3 is 0 Å². The van der Waals surface area contributed by atoms with E-state index in [1.54, 1.807) is 12.4 Å². The molecule has 0 amide bonds. The average Bonchev–Trinajstić information content (AvgIpc) is 2.24. The van der Waals surface area contributed by atoms with Crippen LogP contribution in [0.15, 0.2) is 12.4 Å². The highest BCUT2D eigenvalue weighted by Crippen LogP contribution is 2.24. The molecule has 0 atom stereocenters. The predicted molar refractivity (Wildman–Crippen MR) is 73.6 cm³/mol. The molecule has 0 fully saturated rings. The van der Waals surface area contributed by atoms with Crippen LogP contribution in [0.2, 0.25) is 10.0 Å². The summed E-state index contributed by atoms with van der Waals surface area (Å²) in [5.74, 6) is 0. The minimum atomic E-state index is 0.221. The van der Waals surface area contributed by atoms with E-state index in [1.807, 2.05) is 11.8 Å². The van der Waals surface area contributed by atoms with Gasteiger partial charge in [0, 0.05) is 35.8 Å². The van der Waals surface area contributed by atoms with Crippen molar-refractivity contribution in [3.05, 3.63) is 28.0 Å². The van der Waals surface area contributed by atoms with Crippen molar-refractivity contribution in [2.45, 2.75) is 25.1 Å². The summed E-state index contributed by atoms with van der Waals surface area (Å²) in [6.07, 6.45) is 5.40. The first-order valence-electron chi connectivity index (χ1n) is 5.00. The molecule has 1 rings (SSSR count). The van der Waals surface area contributed by atoms with Crippen LogP contribution in [0, 0.1) is 0 Å². The molecule has 0 saturated carbocycles. The quantitative estimate of drug-likeness (QED) is 0.891. The molecule has 0 unspecified atom stereocenters. The number of halogens is 2. The second kappa shape index (κ2) is 6.10. The summed E-state index contributed by atoms with van der Waals surface area (Å²) in [6, 6.07) is 0. The van der Waals surface area contributed by atoms with Gasteiger partial charge in [-0.2, -0.15) is 11.8 Å². The molecular weight excluding hydrogens is 263 g/mol. The first kappa shape index (κ1) is 14.1. The topological polar surface area (TPSA) is 24.9 Å². The number of hydrogen-bond acceptors (Lipinski definition) is 3. The van der Waals surface area contributed by atoms with Gasteiger partial charge in [0.2, 0.25) is 0 Å². The average molecular weight is 279 g/mol. The molecule has 0 spiro atoms. The zero-order valence-corrected chi connectivity index (χ0v) is 12.0. The minimum Gasteiger partial charge on any atom is -0.311 e. The van der Waals surface area contributed by atoms with Gasteiger partial charge in [-0.15, -0.1) is 0 Å². The Kier molecular flexibility index (Phi) is 5.38. The summed E-state index contributed by atoms with van der Waals surface area (Å²) >= 11 is 13.8. The Balaban J connectivity index is 2.53. The number of thioether (sulfide) groups is 1. The lowest BCUT2D eigenvalue weighted by Crippen LogP contribution is -2.31. The van der Waals surface area contributed by atoms with E-state index in [1.165, 1.54) is 0 Å². The molecule has 1 aromatic heterocycles. The third kappa shape index (κ3) is 4.13. The van der Waals surface area contributed by atoms with Gasteiger partial charge in [0.15, 0.2) is 0 Å². The Morgan fingerprint density at radius 1 is 1.38 bits per heavy atom. The number of aromatic nitrogens is 1. The summed E-state index contributed by atoms with van der Waals surface area (Å²) in [5, 5.41) is 4.45. The molecule has 16 heavy (non-hydrogen) atoms. The van der Waals surface area contributed by atoms with Crippen LogP contribution >= 0.6 is 35.0 Å². The van der Waals surface area contributed by atoms with E-state index in [2.05, 4.69) is 30.4 Å². The zero-order chi connectivity index (χ0) is 12.2. The maximum absolute atomic E-state index is 6.06. The monoisotopic (exact) mass is 278 g/mol. The minimum absolute atomic E-state index is 0.221. The van der Waals surface area contributed by atoms with Crippen LogP contribution in [0.5, 0.6) is 0 Å². The van der Waals surface area contributed by atoms with E-state index < -0.39 is 0 Å². The van der Waals surface area contributed by atoms with Gasteiger partial charge in [0.1, 0.15) is 0 Å². The lowest BCUT2D eigenvalue weighted by atomic mass is 10.2. The van der Waals surface area contributed by atoms with Crippen LogP contribution in [0.25, 0.3) is 0 Å². The fourth-order valence-corrected chi connectivity index (χ4v) is 1.74. The van der Waals surface area contributed by atoms with Crippen molar-refractivity contribution in [1.82, 2.24) is 10.3 Å². The highest BCUT2D eigenvalue weighted by molar-refractivity contribution is 7.99. The molecule has 0 radical (unpaired) electrons. The standard InChI is InChI=1S/C11H16Cl2N2S/c1-11(2,16-3)7-15-5-8-4-14-6-9(12)10(8)13/h4,6,15H,5,7H2,1-3H3. The fraction of sp³-hybridized carbons (Fsp3) is 0.545. The van der Waals surface area contributed by atoms with Crippen LogP contribution in [0.3, 0.4) is 0 Å².